The lowest BCUT2D eigenvalue weighted by Gasteiger charge is -2.14. The first-order chi connectivity index (χ1) is 11.1. The Kier molecular flexibility index (Phi) is 4.34. The number of pyridine rings is 1. The molecule has 1 N–H and O–H groups in total. The molecular formula is C17H17N3O3. The molecule has 2 aromatic heterocycles. The van der Waals surface area contributed by atoms with Gasteiger partial charge in [-0.1, -0.05) is 18.2 Å². The average Bonchev–Trinajstić information content (AvgIpc) is 2.57. The number of rotatable bonds is 5. The van der Waals surface area contributed by atoms with Crippen LogP contribution in [-0.2, 0) is 6.54 Å². The number of nitrogens with zero attached hydrogens (tertiary/aromatic N) is 3. The van der Waals surface area contributed by atoms with Crippen LogP contribution in [0.15, 0.2) is 53.6 Å². The Morgan fingerprint density at radius 1 is 1.26 bits per heavy atom. The van der Waals surface area contributed by atoms with Gasteiger partial charge in [-0.2, -0.15) is 5.10 Å². The number of hydrogen-bond donors (Lipinski definition) is 1. The van der Waals surface area contributed by atoms with Crippen molar-refractivity contribution in [1.82, 2.24) is 14.8 Å². The lowest BCUT2D eigenvalue weighted by atomic mass is 10.2. The summed E-state index contributed by atoms with van der Waals surface area (Å²) in [5.41, 5.74) is 1.26. The number of ether oxygens (including phenoxy) is 1. The minimum Gasteiger partial charge on any atom is -0.491 e. The third-order valence-electron chi connectivity index (χ3n) is 3.53. The third-order valence-corrected chi connectivity index (χ3v) is 3.53. The summed E-state index contributed by atoms with van der Waals surface area (Å²) in [7, 11) is 0. The maximum absolute atomic E-state index is 12.3. The van der Waals surface area contributed by atoms with Crippen molar-refractivity contribution >= 4 is 10.9 Å². The Hall–Kier alpha value is -2.73. The highest BCUT2D eigenvalue weighted by Gasteiger charge is 2.11. The predicted molar refractivity (Wildman–Crippen MR) is 86.5 cm³/mol. The number of para-hydroxylation sites is 1. The average molecular weight is 311 g/mol. The van der Waals surface area contributed by atoms with Gasteiger partial charge in [0.05, 0.1) is 23.6 Å². The number of benzene rings is 1. The van der Waals surface area contributed by atoms with Crippen molar-refractivity contribution in [2.75, 3.05) is 6.61 Å². The number of aliphatic hydroxyl groups is 1. The molecule has 0 radical (unpaired) electrons. The molecule has 6 nitrogen and oxygen atoms in total. The van der Waals surface area contributed by atoms with Crippen LogP contribution in [0.5, 0.6) is 5.75 Å². The smallest absolute Gasteiger partial charge is 0.276 e. The van der Waals surface area contributed by atoms with E-state index in [4.69, 9.17) is 4.74 Å². The molecule has 0 aliphatic carbocycles. The van der Waals surface area contributed by atoms with Crippen LogP contribution in [0.1, 0.15) is 5.56 Å². The SMILES string of the molecule is Cc1ccccc1OCC(O)Cn1ncc2ncccc2c1=O. The molecule has 0 aliphatic heterocycles. The number of hydrogen-bond acceptors (Lipinski definition) is 5. The van der Waals surface area contributed by atoms with Gasteiger partial charge in [0.2, 0.25) is 0 Å². The van der Waals surface area contributed by atoms with Crippen LogP contribution in [0.25, 0.3) is 10.9 Å². The van der Waals surface area contributed by atoms with Crippen molar-refractivity contribution in [2.24, 2.45) is 0 Å². The van der Waals surface area contributed by atoms with Crippen LogP contribution in [-0.4, -0.2) is 32.6 Å². The topological polar surface area (TPSA) is 77.2 Å². The number of fused-ring (bicyclic) bond motifs is 1. The first kappa shape index (κ1) is 15.2. The summed E-state index contributed by atoms with van der Waals surface area (Å²) >= 11 is 0. The molecule has 0 bridgehead atoms. The number of aromatic nitrogens is 3. The van der Waals surface area contributed by atoms with Gasteiger partial charge in [-0.15, -0.1) is 0 Å². The van der Waals surface area contributed by atoms with Gasteiger partial charge in [0.15, 0.2) is 0 Å². The Balaban J connectivity index is 1.71. The molecule has 0 amide bonds. The van der Waals surface area contributed by atoms with Gasteiger partial charge in [-0.05, 0) is 30.7 Å². The van der Waals surface area contributed by atoms with E-state index in [2.05, 4.69) is 10.1 Å². The normalized spacial score (nSPS) is 12.3. The summed E-state index contributed by atoms with van der Waals surface area (Å²) < 4.78 is 6.82. The minimum absolute atomic E-state index is 0.0650. The molecule has 3 aromatic rings. The van der Waals surface area contributed by atoms with E-state index in [0.29, 0.717) is 10.9 Å². The zero-order valence-electron chi connectivity index (χ0n) is 12.7. The van der Waals surface area contributed by atoms with Crippen molar-refractivity contribution < 1.29 is 9.84 Å². The van der Waals surface area contributed by atoms with E-state index in [1.54, 1.807) is 18.3 Å². The molecule has 0 saturated carbocycles. The van der Waals surface area contributed by atoms with Gasteiger partial charge in [0.1, 0.15) is 18.5 Å². The van der Waals surface area contributed by atoms with Crippen LogP contribution in [0.2, 0.25) is 0 Å². The minimum atomic E-state index is -0.839. The molecule has 1 atom stereocenters. The van der Waals surface area contributed by atoms with Crippen molar-refractivity contribution in [3.05, 3.63) is 64.7 Å². The first-order valence-electron chi connectivity index (χ1n) is 7.32. The predicted octanol–water partition coefficient (Wildman–Crippen LogP) is 1.54. The second-order valence-electron chi connectivity index (χ2n) is 5.30. The van der Waals surface area contributed by atoms with E-state index in [0.717, 1.165) is 11.3 Å². The lowest BCUT2D eigenvalue weighted by molar-refractivity contribution is 0.0878. The maximum Gasteiger partial charge on any atom is 0.276 e. The molecule has 3 rings (SSSR count). The zero-order valence-corrected chi connectivity index (χ0v) is 12.7. The Bertz CT molecular complexity index is 876. The zero-order chi connectivity index (χ0) is 16.2. The highest BCUT2D eigenvalue weighted by atomic mass is 16.5. The van der Waals surface area contributed by atoms with E-state index in [-0.39, 0.29) is 18.7 Å². The van der Waals surface area contributed by atoms with Crippen LogP contribution in [0.4, 0.5) is 0 Å². The molecule has 1 aromatic carbocycles. The molecule has 0 saturated heterocycles. The van der Waals surface area contributed by atoms with Gasteiger partial charge in [-0.3, -0.25) is 9.78 Å². The molecule has 23 heavy (non-hydrogen) atoms. The number of aliphatic hydroxyl groups excluding tert-OH is 1. The molecule has 118 valence electrons. The molecule has 0 fully saturated rings. The quantitative estimate of drug-likeness (QED) is 0.773. The summed E-state index contributed by atoms with van der Waals surface area (Å²) in [6, 6.07) is 11.0. The standard InChI is InChI=1S/C17H17N3O3/c1-12-5-2-3-7-16(12)23-11-13(21)10-20-17(22)14-6-4-8-18-15(14)9-19-20/h2-9,13,21H,10-11H2,1H3. The summed E-state index contributed by atoms with van der Waals surface area (Å²) in [4.78, 5) is 16.4. The van der Waals surface area contributed by atoms with Gasteiger partial charge in [-0.25, -0.2) is 4.68 Å². The Morgan fingerprint density at radius 2 is 2.09 bits per heavy atom. The summed E-state index contributed by atoms with van der Waals surface area (Å²) in [5.74, 6) is 0.717. The van der Waals surface area contributed by atoms with Crippen molar-refractivity contribution in [3.8, 4) is 5.75 Å². The van der Waals surface area contributed by atoms with E-state index < -0.39 is 6.10 Å². The fourth-order valence-corrected chi connectivity index (χ4v) is 2.30. The fraction of sp³-hybridized carbons (Fsp3) is 0.235. The second kappa shape index (κ2) is 6.58. The Labute approximate surface area is 133 Å². The van der Waals surface area contributed by atoms with E-state index in [1.807, 2.05) is 31.2 Å². The van der Waals surface area contributed by atoms with Crippen LogP contribution in [0, 0.1) is 6.92 Å². The van der Waals surface area contributed by atoms with Crippen molar-refractivity contribution in [2.45, 2.75) is 19.6 Å². The largest absolute Gasteiger partial charge is 0.491 e. The van der Waals surface area contributed by atoms with Crippen LogP contribution in [0.3, 0.4) is 0 Å². The molecule has 0 spiro atoms. The van der Waals surface area contributed by atoms with Gasteiger partial charge in [0.25, 0.3) is 5.56 Å². The molecule has 1 unspecified atom stereocenters. The highest BCUT2D eigenvalue weighted by molar-refractivity contribution is 5.75. The van der Waals surface area contributed by atoms with Gasteiger partial charge < -0.3 is 9.84 Å². The summed E-state index contributed by atoms with van der Waals surface area (Å²) in [6.45, 7) is 2.09. The van der Waals surface area contributed by atoms with Gasteiger partial charge >= 0.3 is 0 Å². The molecule has 0 aliphatic rings. The summed E-state index contributed by atoms with van der Waals surface area (Å²) in [6.07, 6.45) is 2.29. The van der Waals surface area contributed by atoms with Crippen LogP contribution < -0.4 is 10.3 Å². The second-order valence-corrected chi connectivity index (χ2v) is 5.30. The van der Waals surface area contributed by atoms with Crippen molar-refractivity contribution in [1.29, 1.82) is 0 Å². The lowest BCUT2D eigenvalue weighted by Crippen LogP contribution is -2.32. The molecule has 6 heteroatoms. The molecule has 2 heterocycles. The highest BCUT2D eigenvalue weighted by Crippen LogP contribution is 2.16. The summed E-state index contributed by atoms with van der Waals surface area (Å²) in [5, 5.41) is 14.6. The number of aryl methyl sites for hydroxylation is 1. The monoisotopic (exact) mass is 311 g/mol. The van der Waals surface area contributed by atoms with E-state index in [1.165, 1.54) is 10.9 Å². The first-order valence-corrected chi connectivity index (χ1v) is 7.32. The van der Waals surface area contributed by atoms with Crippen molar-refractivity contribution in [3.63, 3.8) is 0 Å². The fourth-order valence-electron chi connectivity index (χ4n) is 2.30. The maximum atomic E-state index is 12.3. The van der Waals surface area contributed by atoms with Crippen LogP contribution >= 0.6 is 0 Å². The van der Waals surface area contributed by atoms with Gasteiger partial charge in [0, 0.05) is 6.20 Å². The third kappa shape index (κ3) is 3.37. The molecular weight excluding hydrogens is 294 g/mol. The Morgan fingerprint density at radius 3 is 2.91 bits per heavy atom. The van der Waals surface area contributed by atoms with E-state index >= 15 is 0 Å². The van der Waals surface area contributed by atoms with E-state index in [9.17, 15) is 9.90 Å².